The number of ketones is 1. The first-order valence-corrected chi connectivity index (χ1v) is 12.4. The number of benzene rings is 2. The van der Waals surface area contributed by atoms with Crippen molar-refractivity contribution in [1.82, 2.24) is 5.32 Å². The highest BCUT2D eigenvalue weighted by atomic mass is 16.5. The first-order valence-electron chi connectivity index (χ1n) is 12.4. The number of nitrogens with one attached hydrogen (secondary N) is 1. The van der Waals surface area contributed by atoms with Crippen molar-refractivity contribution in [3.8, 4) is 17.2 Å². The summed E-state index contributed by atoms with van der Waals surface area (Å²) in [5.41, 5.74) is 3.41. The maximum Gasteiger partial charge on any atom is 0.336 e. The summed E-state index contributed by atoms with van der Waals surface area (Å²) >= 11 is 0. The Kier molecular flexibility index (Phi) is 7.62. The molecule has 37 heavy (non-hydrogen) atoms. The van der Waals surface area contributed by atoms with Crippen LogP contribution in [-0.2, 0) is 20.7 Å². The molecule has 0 fully saturated rings. The molecule has 0 saturated heterocycles. The summed E-state index contributed by atoms with van der Waals surface area (Å²) < 4.78 is 22.4. The molecular formula is C30H35NO6. The number of hydrogen-bond donors (Lipinski definition) is 1. The standard InChI is InChI=1S/C30H35NO6/c1-18-25(29(33)37-13-12-19-10-8-7-9-11-19)26(27-21(31-18)16-30(2,3)17-22(27)32)20-14-23(34-4)28(36-6)24(15-20)35-5/h7-11,14-16,26-27,31H,12-13,17H2,1-6H3. The Balaban J connectivity index is 1.78. The fourth-order valence-corrected chi connectivity index (χ4v) is 5.36. The van der Waals surface area contributed by atoms with Gasteiger partial charge in [0, 0.05) is 30.2 Å². The second kappa shape index (κ2) is 10.7. The molecule has 4 rings (SSSR count). The smallest absolute Gasteiger partial charge is 0.336 e. The molecule has 2 aromatic rings. The van der Waals surface area contributed by atoms with E-state index in [2.05, 4.69) is 11.4 Å². The first-order chi connectivity index (χ1) is 17.7. The third kappa shape index (κ3) is 5.36. The van der Waals surface area contributed by atoms with Crippen LogP contribution in [0.1, 0.15) is 44.2 Å². The average molecular weight is 506 g/mol. The van der Waals surface area contributed by atoms with Crippen LogP contribution in [0.4, 0.5) is 0 Å². The van der Waals surface area contributed by atoms with E-state index in [-0.39, 0.29) is 17.8 Å². The van der Waals surface area contributed by atoms with E-state index in [0.717, 1.165) is 11.3 Å². The van der Waals surface area contributed by atoms with Crippen LogP contribution in [0.5, 0.6) is 17.2 Å². The number of fused-ring (bicyclic) bond motifs is 1. The van der Waals surface area contributed by atoms with Gasteiger partial charge in [0.15, 0.2) is 11.5 Å². The highest BCUT2D eigenvalue weighted by Gasteiger charge is 2.46. The Bertz CT molecular complexity index is 1220. The summed E-state index contributed by atoms with van der Waals surface area (Å²) in [6, 6.07) is 13.5. The summed E-state index contributed by atoms with van der Waals surface area (Å²) in [6.45, 7) is 6.16. The Morgan fingerprint density at radius 3 is 2.24 bits per heavy atom. The number of methoxy groups -OCH3 is 3. The van der Waals surface area contributed by atoms with Crippen molar-refractivity contribution in [2.24, 2.45) is 11.3 Å². The highest BCUT2D eigenvalue weighted by Crippen LogP contribution is 2.50. The van der Waals surface area contributed by atoms with Gasteiger partial charge in [0.2, 0.25) is 5.75 Å². The molecular weight excluding hydrogens is 470 g/mol. The van der Waals surface area contributed by atoms with Gasteiger partial charge < -0.3 is 24.3 Å². The molecule has 0 spiro atoms. The quantitative estimate of drug-likeness (QED) is 0.508. The number of allylic oxidation sites excluding steroid dienone is 3. The van der Waals surface area contributed by atoms with Crippen molar-refractivity contribution in [2.75, 3.05) is 27.9 Å². The molecule has 2 atom stereocenters. The van der Waals surface area contributed by atoms with Gasteiger partial charge in [-0.3, -0.25) is 4.79 Å². The lowest BCUT2D eigenvalue weighted by Crippen LogP contribution is -2.43. The molecule has 2 unspecified atom stereocenters. The van der Waals surface area contributed by atoms with E-state index in [4.69, 9.17) is 18.9 Å². The largest absolute Gasteiger partial charge is 0.493 e. The minimum atomic E-state index is -0.575. The molecule has 1 aliphatic heterocycles. The molecule has 0 saturated carbocycles. The summed E-state index contributed by atoms with van der Waals surface area (Å²) in [5.74, 6) is -0.155. The van der Waals surface area contributed by atoms with Crippen LogP contribution in [0.15, 0.2) is 65.5 Å². The summed E-state index contributed by atoms with van der Waals surface area (Å²) in [7, 11) is 4.63. The normalized spacial score (nSPS) is 20.4. The number of Topliss-reactive ketones (excluding diaryl/α,β-unsaturated/α-hetero) is 1. The average Bonchev–Trinajstić information content (AvgIpc) is 2.86. The van der Waals surface area contributed by atoms with E-state index in [1.807, 2.05) is 63.2 Å². The van der Waals surface area contributed by atoms with E-state index >= 15 is 0 Å². The van der Waals surface area contributed by atoms with Crippen LogP contribution < -0.4 is 19.5 Å². The Morgan fingerprint density at radius 1 is 1.00 bits per heavy atom. The van der Waals surface area contributed by atoms with Gasteiger partial charge in [-0.1, -0.05) is 50.3 Å². The third-order valence-electron chi connectivity index (χ3n) is 6.97. The molecule has 7 nitrogen and oxygen atoms in total. The molecule has 2 aromatic carbocycles. The van der Waals surface area contributed by atoms with Crippen LogP contribution in [0.25, 0.3) is 0 Å². The molecule has 7 heteroatoms. The van der Waals surface area contributed by atoms with Crippen molar-refractivity contribution >= 4 is 11.8 Å². The van der Waals surface area contributed by atoms with Gasteiger partial charge in [-0.2, -0.15) is 0 Å². The number of rotatable bonds is 8. The molecule has 1 heterocycles. The second-order valence-electron chi connectivity index (χ2n) is 10.2. The van der Waals surface area contributed by atoms with Gasteiger partial charge in [-0.15, -0.1) is 0 Å². The van der Waals surface area contributed by atoms with Gasteiger partial charge >= 0.3 is 5.97 Å². The zero-order valence-electron chi connectivity index (χ0n) is 22.3. The van der Waals surface area contributed by atoms with Gasteiger partial charge in [0.05, 0.1) is 39.4 Å². The second-order valence-corrected chi connectivity index (χ2v) is 10.2. The summed E-state index contributed by atoms with van der Waals surface area (Å²) in [6.07, 6.45) is 3.08. The highest BCUT2D eigenvalue weighted by molar-refractivity contribution is 5.96. The van der Waals surface area contributed by atoms with Crippen LogP contribution in [-0.4, -0.2) is 39.7 Å². The molecule has 2 aliphatic rings. The van der Waals surface area contributed by atoms with Gasteiger partial charge in [0.1, 0.15) is 5.78 Å². The summed E-state index contributed by atoms with van der Waals surface area (Å²) in [4.78, 5) is 27.2. The number of carbonyl (C=O) groups excluding carboxylic acids is 2. The number of ether oxygens (including phenoxy) is 4. The lowest BCUT2D eigenvalue weighted by molar-refractivity contribution is -0.139. The fourth-order valence-electron chi connectivity index (χ4n) is 5.36. The predicted octanol–water partition coefficient (Wildman–Crippen LogP) is 4.96. The maximum absolute atomic E-state index is 13.6. The maximum atomic E-state index is 13.6. The van der Waals surface area contributed by atoms with Crippen molar-refractivity contribution in [3.05, 3.63) is 76.6 Å². The van der Waals surface area contributed by atoms with E-state index in [9.17, 15) is 9.59 Å². The van der Waals surface area contributed by atoms with Gasteiger partial charge in [0.25, 0.3) is 0 Å². The van der Waals surface area contributed by atoms with E-state index in [1.165, 1.54) is 7.11 Å². The number of carbonyl (C=O) groups is 2. The number of esters is 1. The zero-order chi connectivity index (χ0) is 26.7. The van der Waals surface area contributed by atoms with Crippen molar-refractivity contribution in [3.63, 3.8) is 0 Å². The molecule has 1 aliphatic carbocycles. The summed E-state index contributed by atoms with van der Waals surface area (Å²) in [5, 5.41) is 3.35. The Hall–Kier alpha value is -3.74. The molecule has 0 radical (unpaired) electrons. The topological polar surface area (TPSA) is 83.1 Å². The van der Waals surface area contributed by atoms with E-state index in [1.54, 1.807) is 14.2 Å². The molecule has 196 valence electrons. The number of hydrogen-bond acceptors (Lipinski definition) is 7. The van der Waals surface area contributed by atoms with Crippen molar-refractivity contribution in [1.29, 1.82) is 0 Å². The molecule has 1 N–H and O–H groups in total. The van der Waals surface area contributed by atoms with Crippen LogP contribution in [0, 0.1) is 11.3 Å². The van der Waals surface area contributed by atoms with Gasteiger partial charge in [-0.25, -0.2) is 4.79 Å². The van der Waals surface area contributed by atoms with Crippen LogP contribution in [0.2, 0.25) is 0 Å². The fraction of sp³-hybridized carbons (Fsp3) is 0.400. The molecule has 0 aromatic heterocycles. The lowest BCUT2D eigenvalue weighted by atomic mass is 9.66. The van der Waals surface area contributed by atoms with E-state index in [0.29, 0.717) is 46.9 Å². The SMILES string of the molecule is COc1cc(C2C(C(=O)OCCc3ccccc3)=C(C)NC3=CC(C)(C)CC(=O)C32)cc(OC)c1OC. The monoisotopic (exact) mass is 505 g/mol. The molecule has 0 amide bonds. The minimum absolute atomic E-state index is 0.0656. The predicted molar refractivity (Wildman–Crippen MR) is 141 cm³/mol. The zero-order valence-corrected chi connectivity index (χ0v) is 22.3. The lowest BCUT2D eigenvalue weighted by Gasteiger charge is -2.41. The van der Waals surface area contributed by atoms with Crippen molar-refractivity contribution < 1.29 is 28.5 Å². The van der Waals surface area contributed by atoms with Crippen LogP contribution in [0.3, 0.4) is 0 Å². The van der Waals surface area contributed by atoms with Crippen molar-refractivity contribution in [2.45, 2.75) is 39.5 Å². The Labute approximate surface area is 218 Å². The Morgan fingerprint density at radius 2 is 1.65 bits per heavy atom. The van der Waals surface area contributed by atoms with Gasteiger partial charge in [-0.05, 0) is 35.6 Å². The minimum Gasteiger partial charge on any atom is -0.493 e. The molecule has 0 bridgehead atoms. The van der Waals surface area contributed by atoms with E-state index < -0.39 is 17.8 Å². The third-order valence-corrected chi connectivity index (χ3v) is 6.97. The first kappa shape index (κ1) is 26.3. The van der Waals surface area contributed by atoms with Crippen LogP contribution >= 0.6 is 0 Å².